The number of nitrogens with zero attached hydrogens (tertiary/aromatic N) is 4. The number of rotatable bonds is 7. The fourth-order valence-corrected chi connectivity index (χ4v) is 4.70. The molecule has 1 atom stereocenters. The van der Waals surface area contributed by atoms with Gasteiger partial charge in [0.1, 0.15) is 5.82 Å². The van der Waals surface area contributed by atoms with E-state index in [0.717, 1.165) is 53.2 Å². The summed E-state index contributed by atoms with van der Waals surface area (Å²) >= 11 is 0. The lowest BCUT2D eigenvalue weighted by atomic mass is 10.1. The number of aryl methyl sites for hydroxylation is 2. The Morgan fingerprint density at radius 3 is 2.81 bits per heavy atom. The van der Waals surface area contributed by atoms with Gasteiger partial charge in [0, 0.05) is 42.0 Å². The van der Waals surface area contributed by atoms with Crippen LogP contribution < -0.4 is 5.32 Å². The van der Waals surface area contributed by atoms with E-state index < -0.39 is 0 Å². The SMILES string of the molecule is Cc1nc2cc([C@H]3CCCN3Cc3ccccc3F)nn2c(C)c1CCC(=O)NC(C)C. The Labute approximate surface area is 188 Å². The number of nitrogens with one attached hydrogen (secondary N) is 1. The summed E-state index contributed by atoms with van der Waals surface area (Å²) in [6.45, 7) is 9.47. The molecule has 1 aromatic carbocycles. The summed E-state index contributed by atoms with van der Waals surface area (Å²) in [6.07, 6.45) is 3.13. The van der Waals surface area contributed by atoms with E-state index in [9.17, 15) is 9.18 Å². The van der Waals surface area contributed by atoms with Crippen LogP contribution in [-0.2, 0) is 17.8 Å². The van der Waals surface area contributed by atoms with Crippen LogP contribution in [0.5, 0.6) is 0 Å². The zero-order valence-corrected chi connectivity index (χ0v) is 19.4. The first kappa shape index (κ1) is 22.4. The maximum absolute atomic E-state index is 14.2. The molecule has 170 valence electrons. The van der Waals surface area contributed by atoms with Crippen LogP contribution in [0.2, 0.25) is 0 Å². The fourth-order valence-electron chi connectivity index (χ4n) is 4.70. The molecule has 0 saturated carbocycles. The number of aromatic nitrogens is 3. The van der Waals surface area contributed by atoms with Gasteiger partial charge in [-0.2, -0.15) is 5.10 Å². The molecular weight excluding hydrogens is 405 g/mol. The number of benzene rings is 1. The first-order valence-electron chi connectivity index (χ1n) is 11.5. The van der Waals surface area contributed by atoms with Crippen molar-refractivity contribution in [3.63, 3.8) is 0 Å². The zero-order chi connectivity index (χ0) is 22.8. The Hall–Kier alpha value is -2.80. The van der Waals surface area contributed by atoms with Crippen molar-refractivity contribution in [3.8, 4) is 0 Å². The van der Waals surface area contributed by atoms with E-state index in [0.29, 0.717) is 19.4 Å². The maximum atomic E-state index is 14.2. The minimum atomic E-state index is -0.160. The van der Waals surface area contributed by atoms with E-state index in [1.807, 2.05) is 44.3 Å². The van der Waals surface area contributed by atoms with Crippen molar-refractivity contribution in [2.75, 3.05) is 6.54 Å². The number of halogens is 1. The maximum Gasteiger partial charge on any atom is 0.220 e. The Balaban J connectivity index is 1.57. The molecule has 0 unspecified atom stereocenters. The number of hydrogen-bond acceptors (Lipinski definition) is 4. The van der Waals surface area contributed by atoms with E-state index >= 15 is 0 Å². The average Bonchev–Trinajstić information content (AvgIpc) is 3.35. The molecule has 6 nitrogen and oxygen atoms in total. The third kappa shape index (κ3) is 4.67. The molecule has 1 aliphatic heterocycles. The molecule has 0 spiro atoms. The summed E-state index contributed by atoms with van der Waals surface area (Å²) in [4.78, 5) is 19.2. The van der Waals surface area contributed by atoms with Crippen molar-refractivity contribution >= 4 is 11.6 Å². The first-order valence-corrected chi connectivity index (χ1v) is 11.5. The highest BCUT2D eigenvalue weighted by molar-refractivity contribution is 5.76. The third-order valence-corrected chi connectivity index (χ3v) is 6.27. The summed E-state index contributed by atoms with van der Waals surface area (Å²) in [7, 11) is 0. The lowest BCUT2D eigenvalue weighted by Gasteiger charge is -2.23. The van der Waals surface area contributed by atoms with Gasteiger partial charge in [-0.05, 0) is 65.1 Å². The van der Waals surface area contributed by atoms with Crippen LogP contribution in [0.15, 0.2) is 30.3 Å². The lowest BCUT2D eigenvalue weighted by Crippen LogP contribution is -2.30. The van der Waals surface area contributed by atoms with Crippen molar-refractivity contribution in [3.05, 3.63) is 64.4 Å². The van der Waals surface area contributed by atoms with Gasteiger partial charge in [0.15, 0.2) is 5.65 Å². The van der Waals surface area contributed by atoms with Crippen LogP contribution in [0.25, 0.3) is 5.65 Å². The highest BCUT2D eigenvalue weighted by Crippen LogP contribution is 2.33. The Bertz CT molecular complexity index is 1120. The molecule has 0 aliphatic carbocycles. The topological polar surface area (TPSA) is 62.5 Å². The molecule has 2 aromatic heterocycles. The van der Waals surface area contributed by atoms with Crippen LogP contribution in [-0.4, -0.2) is 38.0 Å². The molecule has 1 amide bonds. The standard InChI is InChI=1S/C25H32FN5O/c1-16(2)27-25(32)12-11-20-17(3)28-24-14-22(29-31(24)18(20)4)23-10-7-13-30(23)15-19-8-5-6-9-21(19)26/h5-6,8-9,14,16,23H,7,10-13,15H2,1-4H3,(H,27,32)/t23-/m1/s1. The molecule has 4 rings (SSSR count). The van der Waals surface area contributed by atoms with Crippen molar-refractivity contribution in [1.29, 1.82) is 0 Å². The highest BCUT2D eigenvalue weighted by Gasteiger charge is 2.29. The highest BCUT2D eigenvalue weighted by atomic mass is 19.1. The van der Waals surface area contributed by atoms with Crippen molar-refractivity contribution in [2.45, 2.75) is 72.0 Å². The van der Waals surface area contributed by atoms with Crippen LogP contribution >= 0.6 is 0 Å². The summed E-state index contributed by atoms with van der Waals surface area (Å²) in [5, 5.41) is 7.85. The third-order valence-electron chi connectivity index (χ3n) is 6.27. The van der Waals surface area contributed by atoms with Gasteiger partial charge in [-0.3, -0.25) is 9.69 Å². The second-order valence-electron chi connectivity index (χ2n) is 9.04. The summed E-state index contributed by atoms with van der Waals surface area (Å²) in [5.74, 6) is -0.109. The van der Waals surface area contributed by atoms with E-state index in [-0.39, 0.29) is 23.8 Å². The smallest absolute Gasteiger partial charge is 0.220 e. The van der Waals surface area contributed by atoms with E-state index in [4.69, 9.17) is 10.1 Å². The van der Waals surface area contributed by atoms with Gasteiger partial charge in [-0.15, -0.1) is 0 Å². The van der Waals surface area contributed by atoms with Crippen molar-refractivity contribution in [1.82, 2.24) is 24.8 Å². The molecule has 1 fully saturated rings. The number of fused-ring (bicyclic) bond motifs is 1. The fraction of sp³-hybridized carbons (Fsp3) is 0.480. The minimum absolute atomic E-state index is 0.0507. The molecular formula is C25H32FN5O. The molecule has 7 heteroatoms. The van der Waals surface area contributed by atoms with Gasteiger partial charge < -0.3 is 5.32 Å². The zero-order valence-electron chi connectivity index (χ0n) is 19.4. The predicted molar refractivity (Wildman–Crippen MR) is 123 cm³/mol. The summed E-state index contributed by atoms with van der Waals surface area (Å²) in [5.41, 5.74) is 5.55. The number of hydrogen-bond donors (Lipinski definition) is 1. The molecule has 3 heterocycles. The van der Waals surface area contributed by atoms with Gasteiger partial charge in [0.25, 0.3) is 0 Å². The van der Waals surface area contributed by atoms with Gasteiger partial charge in [-0.25, -0.2) is 13.9 Å². The minimum Gasteiger partial charge on any atom is -0.354 e. The predicted octanol–water partition coefficient (Wildman–Crippen LogP) is 4.28. The Kier molecular flexibility index (Phi) is 6.55. The molecule has 3 aromatic rings. The van der Waals surface area contributed by atoms with Crippen LogP contribution in [0, 0.1) is 19.7 Å². The van der Waals surface area contributed by atoms with Crippen LogP contribution in [0.1, 0.15) is 67.4 Å². The summed E-state index contributed by atoms with van der Waals surface area (Å²) in [6, 6.07) is 9.32. The molecule has 1 saturated heterocycles. The van der Waals surface area contributed by atoms with Gasteiger partial charge >= 0.3 is 0 Å². The normalized spacial score (nSPS) is 16.9. The first-order chi connectivity index (χ1) is 15.3. The largest absolute Gasteiger partial charge is 0.354 e. The van der Waals surface area contributed by atoms with E-state index in [2.05, 4.69) is 16.3 Å². The van der Waals surface area contributed by atoms with Crippen molar-refractivity contribution < 1.29 is 9.18 Å². The second-order valence-corrected chi connectivity index (χ2v) is 9.04. The molecule has 0 radical (unpaired) electrons. The summed E-state index contributed by atoms with van der Waals surface area (Å²) < 4.78 is 16.1. The monoisotopic (exact) mass is 437 g/mol. The number of carbonyl (C=O) groups is 1. The van der Waals surface area contributed by atoms with Gasteiger partial charge in [-0.1, -0.05) is 18.2 Å². The molecule has 1 aliphatic rings. The van der Waals surface area contributed by atoms with Gasteiger partial charge in [0.2, 0.25) is 5.91 Å². The lowest BCUT2D eigenvalue weighted by molar-refractivity contribution is -0.121. The van der Waals surface area contributed by atoms with Crippen LogP contribution in [0.4, 0.5) is 4.39 Å². The van der Waals surface area contributed by atoms with Crippen LogP contribution in [0.3, 0.4) is 0 Å². The number of carbonyl (C=O) groups excluding carboxylic acids is 1. The number of amides is 1. The average molecular weight is 438 g/mol. The Morgan fingerprint density at radius 1 is 1.28 bits per heavy atom. The van der Waals surface area contributed by atoms with E-state index in [1.54, 1.807) is 6.07 Å². The molecule has 1 N–H and O–H groups in total. The van der Waals surface area contributed by atoms with Gasteiger partial charge in [0.05, 0.1) is 11.7 Å². The number of likely N-dealkylation sites (tertiary alicyclic amines) is 1. The second kappa shape index (κ2) is 9.36. The molecule has 32 heavy (non-hydrogen) atoms. The molecule has 0 bridgehead atoms. The van der Waals surface area contributed by atoms with Crippen molar-refractivity contribution in [2.24, 2.45) is 0 Å². The quantitative estimate of drug-likeness (QED) is 0.599. The Morgan fingerprint density at radius 2 is 2.06 bits per heavy atom. The van der Waals surface area contributed by atoms with E-state index in [1.165, 1.54) is 6.07 Å².